The molecule has 0 aliphatic rings. The first-order valence-corrected chi connectivity index (χ1v) is 4.90. The van der Waals surface area contributed by atoms with Crippen molar-refractivity contribution in [2.24, 2.45) is 0 Å². The molecule has 0 saturated carbocycles. The second-order valence-corrected chi connectivity index (χ2v) is 3.53. The number of halogens is 1. The van der Waals surface area contributed by atoms with E-state index in [1.54, 1.807) is 6.07 Å². The number of benzene rings is 1. The van der Waals surface area contributed by atoms with Crippen LogP contribution in [0.4, 0.5) is 21.5 Å². The number of nitrogens with one attached hydrogen (secondary N) is 1. The first-order valence-electron chi connectivity index (χ1n) is 4.90. The largest absolute Gasteiger partial charge is 0.397 e. The molecule has 0 unspecified atom stereocenters. The van der Waals surface area contributed by atoms with Crippen molar-refractivity contribution in [2.45, 2.75) is 6.92 Å². The number of nitrogens with two attached hydrogens (primary N) is 1. The van der Waals surface area contributed by atoms with Gasteiger partial charge in [0.05, 0.1) is 23.3 Å². The number of rotatable bonds is 2. The molecule has 0 amide bonds. The fourth-order valence-corrected chi connectivity index (χ4v) is 1.41. The fraction of sp³-hybridized carbons (Fsp3) is 0.0833. The Morgan fingerprint density at radius 3 is 2.69 bits per heavy atom. The van der Waals surface area contributed by atoms with Crippen molar-refractivity contribution in [3.05, 3.63) is 48.0 Å². The molecule has 0 saturated heterocycles. The number of hydrogen-bond acceptors (Lipinski definition) is 3. The van der Waals surface area contributed by atoms with Gasteiger partial charge in [0.25, 0.3) is 0 Å². The molecule has 0 fully saturated rings. The van der Waals surface area contributed by atoms with Crippen LogP contribution in [0, 0.1) is 12.9 Å². The molecule has 1 heterocycles. The number of anilines is 3. The van der Waals surface area contributed by atoms with Crippen molar-refractivity contribution < 1.29 is 4.39 Å². The number of pyridine rings is 1. The molecule has 2 rings (SSSR count). The first kappa shape index (κ1) is 10.4. The maximum atomic E-state index is 12.8. The summed E-state index contributed by atoms with van der Waals surface area (Å²) in [5, 5.41) is 3.11. The Morgan fingerprint density at radius 1 is 1.25 bits per heavy atom. The quantitative estimate of drug-likeness (QED) is 0.600. The third-order valence-corrected chi connectivity index (χ3v) is 2.31. The average Bonchev–Trinajstić information content (AvgIpc) is 2.25. The lowest BCUT2D eigenvalue weighted by Crippen LogP contribution is -1.98. The highest BCUT2D eigenvalue weighted by Gasteiger charge is 2.03. The molecular weight excluding hydrogens is 205 g/mol. The van der Waals surface area contributed by atoms with Gasteiger partial charge in [-0.15, -0.1) is 0 Å². The van der Waals surface area contributed by atoms with Crippen LogP contribution in [0.1, 0.15) is 5.56 Å². The number of nitrogen functional groups attached to an aromatic ring is 1. The van der Waals surface area contributed by atoms with Gasteiger partial charge in [0, 0.05) is 0 Å². The Labute approximate surface area is 93.1 Å². The number of hydrogen-bond donors (Lipinski definition) is 2. The van der Waals surface area contributed by atoms with E-state index in [9.17, 15) is 4.39 Å². The summed E-state index contributed by atoms with van der Waals surface area (Å²) < 4.78 is 12.8. The summed E-state index contributed by atoms with van der Waals surface area (Å²) in [6.45, 7) is 1.81. The molecule has 1 aromatic heterocycles. The van der Waals surface area contributed by atoms with Crippen LogP contribution in [0.2, 0.25) is 0 Å². The van der Waals surface area contributed by atoms with Gasteiger partial charge in [-0.2, -0.15) is 4.39 Å². The lowest BCUT2D eigenvalue weighted by Gasteiger charge is -2.10. The second-order valence-electron chi connectivity index (χ2n) is 3.53. The molecule has 0 aliphatic carbocycles. The number of aromatic nitrogens is 1. The van der Waals surface area contributed by atoms with E-state index in [1.807, 2.05) is 25.1 Å². The van der Waals surface area contributed by atoms with E-state index in [1.165, 1.54) is 12.3 Å². The van der Waals surface area contributed by atoms with Crippen molar-refractivity contribution in [1.29, 1.82) is 0 Å². The van der Waals surface area contributed by atoms with E-state index in [0.717, 1.165) is 16.9 Å². The van der Waals surface area contributed by atoms with Gasteiger partial charge in [0.2, 0.25) is 5.95 Å². The van der Waals surface area contributed by atoms with E-state index in [-0.39, 0.29) is 0 Å². The molecule has 2 aromatic rings. The van der Waals surface area contributed by atoms with Crippen molar-refractivity contribution in [3.8, 4) is 0 Å². The topological polar surface area (TPSA) is 50.9 Å². The molecule has 1 aromatic carbocycles. The van der Waals surface area contributed by atoms with Gasteiger partial charge in [-0.3, -0.25) is 0 Å². The highest BCUT2D eigenvalue weighted by molar-refractivity contribution is 5.73. The first-order chi connectivity index (χ1) is 7.66. The van der Waals surface area contributed by atoms with E-state index in [0.29, 0.717) is 5.69 Å². The number of para-hydroxylation sites is 2. The second kappa shape index (κ2) is 4.18. The van der Waals surface area contributed by atoms with Crippen LogP contribution in [0.3, 0.4) is 0 Å². The maximum Gasteiger partial charge on any atom is 0.213 e. The van der Waals surface area contributed by atoms with Crippen molar-refractivity contribution in [3.63, 3.8) is 0 Å². The molecule has 4 heteroatoms. The molecule has 0 radical (unpaired) electrons. The minimum atomic E-state index is -0.482. The highest BCUT2D eigenvalue weighted by atomic mass is 19.1. The molecule has 0 aliphatic heterocycles. The van der Waals surface area contributed by atoms with Gasteiger partial charge in [-0.1, -0.05) is 12.1 Å². The van der Waals surface area contributed by atoms with E-state index in [2.05, 4.69) is 10.3 Å². The van der Waals surface area contributed by atoms with Gasteiger partial charge in [-0.05, 0) is 30.7 Å². The molecule has 16 heavy (non-hydrogen) atoms. The van der Waals surface area contributed by atoms with Crippen LogP contribution >= 0.6 is 0 Å². The summed E-state index contributed by atoms with van der Waals surface area (Å²) in [4.78, 5) is 3.60. The van der Waals surface area contributed by atoms with Crippen molar-refractivity contribution >= 4 is 17.1 Å². The summed E-state index contributed by atoms with van der Waals surface area (Å²) in [5.41, 5.74) is 8.76. The molecule has 0 bridgehead atoms. The zero-order chi connectivity index (χ0) is 11.5. The van der Waals surface area contributed by atoms with Crippen molar-refractivity contribution in [1.82, 2.24) is 4.98 Å². The van der Waals surface area contributed by atoms with Crippen LogP contribution in [-0.4, -0.2) is 4.98 Å². The minimum absolute atomic E-state index is 0.482. The normalized spacial score (nSPS) is 10.1. The minimum Gasteiger partial charge on any atom is -0.397 e. The van der Waals surface area contributed by atoms with Gasteiger partial charge in [0.1, 0.15) is 0 Å². The lowest BCUT2D eigenvalue weighted by molar-refractivity contribution is 0.583. The molecule has 82 valence electrons. The Kier molecular flexibility index (Phi) is 2.72. The van der Waals surface area contributed by atoms with Crippen LogP contribution in [-0.2, 0) is 0 Å². The summed E-state index contributed by atoms with van der Waals surface area (Å²) in [5.74, 6) is -0.482. The van der Waals surface area contributed by atoms with Crippen LogP contribution in [0.5, 0.6) is 0 Å². The lowest BCUT2D eigenvalue weighted by atomic mass is 10.2. The van der Waals surface area contributed by atoms with E-state index < -0.39 is 5.95 Å². The molecule has 0 spiro atoms. The monoisotopic (exact) mass is 217 g/mol. The van der Waals surface area contributed by atoms with Gasteiger partial charge >= 0.3 is 0 Å². The number of nitrogens with zero attached hydrogens (tertiary/aromatic N) is 1. The predicted octanol–water partition coefficient (Wildman–Crippen LogP) is 2.85. The summed E-state index contributed by atoms with van der Waals surface area (Å²) in [7, 11) is 0. The third-order valence-electron chi connectivity index (χ3n) is 2.31. The third kappa shape index (κ3) is 2.11. The van der Waals surface area contributed by atoms with Crippen molar-refractivity contribution in [2.75, 3.05) is 11.1 Å². The SMILES string of the molecule is Cc1cc(F)ncc1Nc1ccccc1N. The Morgan fingerprint density at radius 2 is 2.00 bits per heavy atom. The Hall–Kier alpha value is -2.10. The maximum absolute atomic E-state index is 12.8. The van der Waals surface area contributed by atoms with E-state index >= 15 is 0 Å². The summed E-state index contributed by atoms with van der Waals surface area (Å²) in [6.07, 6.45) is 1.46. The van der Waals surface area contributed by atoms with Crippen LogP contribution < -0.4 is 11.1 Å². The Balaban J connectivity index is 2.31. The summed E-state index contributed by atoms with van der Waals surface area (Å²) >= 11 is 0. The number of aryl methyl sites for hydroxylation is 1. The molecule has 3 nitrogen and oxygen atoms in total. The molecule has 3 N–H and O–H groups in total. The molecule has 0 atom stereocenters. The fourth-order valence-electron chi connectivity index (χ4n) is 1.41. The Bertz CT molecular complexity index is 511. The predicted molar refractivity (Wildman–Crippen MR) is 63.1 cm³/mol. The average molecular weight is 217 g/mol. The summed E-state index contributed by atoms with van der Waals surface area (Å²) in [6, 6.07) is 8.77. The van der Waals surface area contributed by atoms with Crippen LogP contribution in [0.15, 0.2) is 36.5 Å². The zero-order valence-electron chi connectivity index (χ0n) is 8.87. The van der Waals surface area contributed by atoms with E-state index in [4.69, 9.17) is 5.73 Å². The molecular formula is C12H12FN3. The van der Waals surface area contributed by atoms with Gasteiger partial charge in [0.15, 0.2) is 0 Å². The smallest absolute Gasteiger partial charge is 0.213 e. The zero-order valence-corrected chi connectivity index (χ0v) is 8.87. The van der Waals surface area contributed by atoms with Gasteiger partial charge in [-0.25, -0.2) is 4.98 Å². The van der Waals surface area contributed by atoms with Gasteiger partial charge < -0.3 is 11.1 Å². The highest BCUT2D eigenvalue weighted by Crippen LogP contribution is 2.24. The van der Waals surface area contributed by atoms with Crippen LogP contribution in [0.25, 0.3) is 0 Å². The standard InChI is InChI=1S/C12H12FN3/c1-8-6-12(13)15-7-11(8)16-10-5-3-2-4-9(10)14/h2-7,16H,14H2,1H3.